The van der Waals surface area contributed by atoms with Gasteiger partial charge in [-0.05, 0) is 85.0 Å². The lowest BCUT2D eigenvalue weighted by molar-refractivity contribution is 0.0607. The Morgan fingerprint density at radius 1 is 1.02 bits per heavy atom. The van der Waals surface area contributed by atoms with Gasteiger partial charge in [0.25, 0.3) is 5.91 Å². The van der Waals surface area contributed by atoms with Crippen LogP contribution in [0.25, 0.3) is 21.2 Å². The van der Waals surface area contributed by atoms with Gasteiger partial charge in [-0.25, -0.2) is 22.0 Å². The fourth-order valence-corrected chi connectivity index (χ4v) is 7.74. The standard InChI is InChI=1S/C30H28Cl2F2N2O4S2/c1-40-25-14-5-18(17-3-10-22(11-4-17)42(2,38)39)15-19(25)16-36(21-8-6-20(35-32)7-9-21)30(37)29-27(31)26-23(33)12-13-24(34)28(26)41-29/h3-5,10-15,20-21,35H,6-9,16H2,1-2H3/t20-,21-. The molecule has 0 aliphatic heterocycles. The van der Waals surface area contributed by atoms with E-state index in [2.05, 4.69) is 4.84 Å². The predicted molar refractivity (Wildman–Crippen MR) is 163 cm³/mol. The molecule has 0 bridgehead atoms. The van der Waals surface area contributed by atoms with Gasteiger partial charge in [-0.15, -0.1) is 11.3 Å². The first-order valence-electron chi connectivity index (χ1n) is 13.2. The molecule has 0 spiro atoms. The molecule has 1 aliphatic carbocycles. The van der Waals surface area contributed by atoms with Crippen molar-refractivity contribution in [1.29, 1.82) is 0 Å². The van der Waals surface area contributed by atoms with Crippen LogP contribution >= 0.6 is 34.7 Å². The molecular weight excluding hydrogens is 625 g/mol. The second-order valence-corrected chi connectivity index (χ2v) is 14.0. The second-order valence-electron chi connectivity index (χ2n) is 10.3. The molecular formula is C30H28Cl2F2N2O4S2. The van der Waals surface area contributed by atoms with Crippen molar-refractivity contribution >= 4 is 60.5 Å². The summed E-state index contributed by atoms with van der Waals surface area (Å²) in [7, 11) is -1.80. The number of benzene rings is 3. The van der Waals surface area contributed by atoms with E-state index in [4.69, 9.17) is 28.1 Å². The Kier molecular flexibility index (Phi) is 9.10. The van der Waals surface area contributed by atoms with Gasteiger partial charge in [0, 0.05) is 30.4 Å². The molecule has 3 aromatic carbocycles. The number of nitrogens with zero attached hydrogens (tertiary/aromatic N) is 1. The molecule has 0 unspecified atom stereocenters. The molecule has 42 heavy (non-hydrogen) atoms. The number of sulfone groups is 1. The number of hydrogen-bond donors (Lipinski definition) is 1. The zero-order chi connectivity index (χ0) is 30.2. The molecule has 5 rings (SSSR count). The molecule has 1 N–H and O–H groups in total. The van der Waals surface area contributed by atoms with Gasteiger partial charge >= 0.3 is 0 Å². The van der Waals surface area contributed by atoms with E-state index in [9.17, 15) is 22.0 Å². The number of methoxy groups -OCH3 is 1. The molecule has 0 radical (unpaired) electrons. The SMILES string of the molecule is COc1ccc(-c2ccc(S(C)(=O)=O)cc2)cc1CN(C(=O)c1sc2c(F)ccc(F)c2c1Cl)[C@H]1CC[C@H](NCl)CC1. The summed E-state index contributed by atoms with van der Waals surface area (Å²) in [4.78, 5) is 18.9. The summed E-state index contributed by atoms with van der Waals surface area (Å²) in [5.41, 5.74) is 2.30. The summed E-state index contributed by atoms with van der Waals surface area (Å²) in [5, 5.41) is -0.207. The van der Waals surface area contributed by atoms with Gasteiger partial charge in [-0.1, -0.05) is 29.8 Å². The number of fused-ring (bicyclic) bond motifs is 1. The summed E-state index contributed by atoms with van der Waals surface area (Å²) in [5.74, 6) is -1.20. The number of thiophene rings is 1. The maximum atomic E-state index is 14.6. The Bertz CT molecular complexity index is 1740. The average Bonchev–Trinajstić information content (AvgIpc) is 3.35. The van der Waals surface area contributed by atoms with Gasteiger partial charge in [-0.2, -0.15) is 0 Å². The van der Waals surface area contributed by atoms with E-state index in [1.807, 2.05) is 12.1 Å². The lowest BCUT2D eigenvalue weighted by Gasteiger charge is -2.37. The van der Waals surface area contributed by atoms with Crippen molar-refractivity contribution < 1.29 is 26.7 Å². The number of nitrogens with one attached hydrogen (secondary N) is 1. The van der Waals surface area contributed by atoms with Gasteiger partial charge in [0.15, 0.2) is 9.84 Å². The van der Waals surface area contributed by atoms with Gasteiger partial charge in [-0.3, -0.25) is 4.79 Å². The van der Waals surface area contributed by atoms with E-state index in [1.165, 1.54) is 7.11 Å². The molecule has 12 heteroatoms. The number of hydrogen-bond acceptors (Lipinski definition) is 6. The fourth-order valence-electron chi connectivity index (χ4n) is 5.39. The van der Waals surface area contributed by atoms with Gasteiger partial charge in [0.2, 0.25) is 0 Å². The van der Waals surface area contributed by atoms with Crippen LogP contribution in [-0.2, 0) is 16.4 Å². The summed E-state index contributed by atoms with van der Waals surface area (Å²) in [6.07, 6.45) is 3.96. The minimum atomic E-state index is -3.34. The highest BCUT2D eigenvalue weighted by atomic mass is 35.5. The Hall–Kier alpha value is -2.76. The Morgan fingerprint density at radius 2 is 1.67 bits per heavy atom. The molecule has 1 fully saturated rings. The summed E-state index contributed by atoms with van der Waals surface area (Å²) in [6, 6.07) is 14.1. The van der Waals surface area contributed by atoms with E-state index in [0.29, 0.717) is 24.2 Å². The molecule has 0 saturated heterocycles. The first-order chi connectivity index (χ1) is 20.0. The minimum Gasteiger partial charge on any atom is -0.496 e. The van der Waals surface area contributed by atoms with Crippen molar-refractivity contribution in [3.8, 4) is 16.9 Å². The van der Waals surface area contributed by atoms with E-state index in [0.717, 1.165) is 53.7 Å². The number of ether oxygens (including phenoxy) is 1. The highest BCUT2D eigenvalue weighted by Gasteiger charge is 2.33. The number of carbonyl (C=O) groups excluding carboxylic acids is 1. The Morgan fingerprint density at radius 3 is 2.26 bits per heavy atom. The molecule has 0 atom stereocenters. The van der Waals surface area contributed by atoms with Crippen LogP contribution in [0.2, 0.25) is 5.02 Å². The lowest BCUT2D eigenvalue weighted by Crippen LogP contribution is -2.43. The van der Waals surface area contributed by atoms with Crippen molar-refractivity contribution in [2.24, 2.45) is 0 Å². The van der Waals surface area contributed by atoms with Crippen LogP contribution in [0.5, 0.6) is 5.75 Å². The van der Waals surface area contributed by atoms with E-state index >= 15 is 0 Å². The van der Waals surface area contributed by atoms with E-state index in [1.54, 1.807) is 35.2 Å². The first-order valence-corrected chi connectivity index (χ1v) is 16.7. The highest BCUT2D eigenvalue weighted by Crippen LogP contribution is 2.40. The monoisotopic (exact) mass is 652 g/mol. The topological polar surface area (TPSA) is 75.7 Å². The third-order valence-electron chi connectivity index (χ3n) is 7.67. The largest absolute Gasteiger partial charge is 0.496 e. The first kappa shape index (κ1) is 30.7. The summed E-state index contributed by atoms with van der Waals surface area (Å²) < 4.78 is 58.7. The van der Waals surface area contributed by atoms with Crippen LogP contribution in [0.4, 0.5) is 8.78 Å². The lowest BCUT2D eigenvalue weighted by atomic mass is 9.90. The number of rotatable bonds is 8. The number of amides is 1. The predicted octanol–water partition coefficient (Wildman–Crippen LogP) is 7.61. The van der Waals surface area contributed by atoms with Crippen molar-refractivity contribution in [2.75, 3.05) is 13.4 Å². The summed E-state index contributed by atoms with van der Waals surface area (Å²) in [6.45, 7) is 0.149. The maximum absolute atomic E-state index is 14.6. The van der Waals surface area contributed by atoms with E-state index in [-0.39, 0.29) is 43.5 Å². The minimum absolute atomic E-state index is 0.00420. The van der Waals surface area contributed by atoms with Crippen LogP contribution in [0, 0.1) is 11.6 Å². The van der Waals surface area contributed by atoms with Crippen molar-refractivity contribution in [3.05, 3.63) is 81.7 Å². The number of carbonyl (C=O) groups is 1. The molecule has 1 heterocycles. The quantitative estimate of drug-likeness (QED) is 0.198. The second kappa shape index (κ2) is 12.5. The van der Waals surface area contributed by atoms with Gasteiger partial charge in [0.1, 0.15) is 22.3 Å². The Balaban J connectivity index is 1.55. The van der Waals surface area contributed by atoms with E-state index < -0.39 is 27.4 Å². The molecule has 1 aliphatic rings. The fraction of sp³-hybridized carbons (Fsp3) is 0.300. The van der Waals surface area contributed by atoms with Crippen LogP contribution in [-0.4, -0.2) is 44.7 Å². The molecule has 1 saturated carbocycles. The molecule has 6 nitrogen and oxygen atoms in total. The normalized spacial score (nSPS) is 17.4. The van der Waals surface area contributed by atoms with Gasteiger partial charge in [0.05, 0.1) is 27.1 Å². The van der Waals surface area contributed by atoms with Crippen molar-refractivity contribution in [3.63, 3.8) is 0 Å². The molecule has 4 aromatic rings. The molecule has 222 valence electrons. The third-order valence-corrected chi connectivity index (χ3v) is 10.8. The van der Waals surface area contributed by atoms with Crippen molar-refractivity contribution in [1.82, 2.24) is 9.74 Å². The molecule has 1 aromatic heterocycles. The van der Waals surface area contributed by atoms with Crippen LogP contribution in [0.3, 0.4) is 0 Å². The zero-order valence-corrected chi connectivity index (χ0v) is 25.9. The average molecular weight is 654 g/mol. The van der Waals surface area contributed by atoms with Crippen LogP contribution in [0.15, 0.2) is 59.5 Å². The smallest absolute Gasteiger partial charge is 0.266 e. The zero-order valence-electron chi connectivity index (χ0n) is 22.8. The van der Waals surface area contributed by atoms with Crippen LogP contribution < -0.4 is 9.57 Å². The van der Waals surface area contributed by atoms with Gasteiger partial charge < -0.3 is 9.64 Å². The summed E-state index contributed by atoms with van der Waals surface area (Å²) >= 11 is 13.2. The number of halogens is 4. The Labute approximate surface area is 257 Å². The maximum Gasteiger partial charge on any atom is 0.266 e. The molecule has 1 amide bonds. The van der Waals surface area contributed by atoms with Crippen LogP contribution in [0.1, 0.15) is 40.9 Å². The highest BCUT2D eigenvalue weighted by molar-refractivity contribution is 7.90. The van der Waals surface area contributed by atoms with Crippen molar-refractivity contribution in [2.45, 2.75) is 49.2 Å². The third kappa shape index (κ3) is 6.14.